The molecule has 0 radical (unpaired) electrons. The molecule has 2 aromatic heterocycles. The smallest absolute Gasteiger partial charge is 0.407 e. The fourth-order valence-corrected chi connectivity index (χ4v) is 5.29. The number of aromatic amines is 1. The molecule has 4 heterocycles. The zero-order valence-electron chi connectivity index (χ0n) is 16.4. The highest BCUT2D eigenvalue weighted by Crippen LogP contribution is 2.43. The van der Waals surface area contributed by atoms with Crippen molar-refractivity contribution in [2.45, 2.75) is 50.2 Å². The number of anilines is 1. The predicted octanol–water partition coefficient (Wildman–Crippen LogP) is 3.85. The number of benzene rings is 1. The zero-order valence-corrected chi connectivity index (χ0v) is 16.4. The lowest BCUT2D eigenvalue weighted by atomic mass is 9.90. The first-order valence-corrected chi connectivity index (χ1v) is 10.3. The monoisotopic (exact) mass is 391 g/mol. The molecule has 2 N–H and O–H groups in total. The number of aromatic nitrogens is 3. The van der Waals surface area contributed by atoms with Crippen molar-refractivity contribution in [3.63, 3.8) is 0 Å². The van der Waals surface area contributed by atoms with Gasteiger partial charge in [0.1, 0.15) is 17.8 Å². The van der Waals surface area contributed by atoms with Crippen LogP contribution < -0.4 is 4.90 Å². The van der Waals surface area contributed by atoms with Crippen LogP contribution in [-0.4, -0.2) is 55.7 Å². The van der Waals surface area contributed by atoms with Crippen LogP contribution in [0.2, 0.25) is 0 Å². The molecule has 29 heavy (non-hydrogen) atoms. The fraction of sp³-hybridized carbons (Fsp3) is 0.409. The van der Waals surface area contributed by atoms with Gasteiger partial charge in [-0.3, -0.25) is 0 Å². The largest absolute Gasteiger partial charge is 0.465 e. The highest BCUT2D eigenvalue weighted by Gasteiger charge is 2.49. The van der Waals surface area contributed by atoms with E-state index < -0.39 is 6.09 Å². The van der Waals surface area contributed by atoms with Gasteiger partial charge in [-0.25, -0.2) is 14.8 Å². The number of hydrogen-bond acceptors (Lipinski definition) is 4. The number of piperidine rings is 1. The molecule has 2 aliphatic heterocycles. The molecular formula is C22H25N5O2. The maximum absolute atomic E-state index is 11.9. The number of nitrogens with one attached hydrogen (secondary N) is 1. The van der Waals surface area contributed by atoms with E-state index in [0.717, 1.165) is 36.1 Å². The number of carboxylic acid groups (broad SMARTS) is 1. The average molecular weight is 391 g/mol. The Morgan fingerprint density at radius 2 is 2.03 bits per heavy atom. The minimum absolute atomic E-state index is 0.0126. The van der Waals surface area contributed by atoms with E-state index in [1.807, 2.05) is 18.3 Å². The molecule has 5 rings (SSSR count). The van der Waals surface area contributed by atoms with Crippen LogP contribution in [0.1, 0.15) is 37.7 Å². The van der Waals surface area contributed by atoms with Crippen molar-refractivity contribution < 1.29 is 9.90 Å². The van der Waals surface area contributed by atoms with Crippen molar-refractivity contribution in [1.29, 1.82) is 0 Å². The van der Waals surface area contributed by atoms with Gasteiger partial charge in [-0.1, -0.05) is 37.3 Å². The Morgan fingerprint density at radius 1 is 1.21 bits per heavy atom. The summed E-state index contributed by atoms with van der Waals surface area (Å²) in [5.41, 5.74) is 2.08. The van der Waals surface area contributed by atoms with Gasteiger partial charge in [0.15, 0.2) is 0 Å². The molecule has 0 bridgehead atoms. The molecule has 2 saturated heterocycles. The van der Waals surface area contributed by atoms with Crippen molar-refractivity contribution in [1.82, 2.24) is 19.9 Å². The second-order valence-electron chi connectivity index (χ2n) is 8.10. The Bertz CT molecular complexity index is 1020. The zero-order chi connectivity index (χ0) is 20.0. The summed E-state index contributed by atoms with van der Waals surface area (Å²) in [5.74, 6) is 1.16. The van der Waals surface area contributed by atoms with E-state index in [-0.39, 0.29) is 24.0 Å². The normalized spacial score (nSPS) is 25.2. The maximum Gasteiger partial charge on any atom is 0.407 e. The summed E-state index contributed by atoms with van der Waals surface area (Å²) in [6, 6.07) is 12.8. The Hall–Kier alpha value is -3.09. The van der Waals surface area contributed by atoms with E-state index >= 15 is 0 Å². The molecule has 150 valence electrons. The molecular weight excluding hydrogens is 366 g/mol. The molecule has 7 nitrogen and oxygen atoms in total. The van der Waals surface area contributed by atoms with Crippen LogP contribution in [0.25, 0.3) is 11.0 Å². The number of amides is 1. The number of hydrogen-bond donors (Lipinski definition) is 2. The first-order valence-electron chi connectivity index (χ1n) is 10.3. The van der Waals surface area contributed by atoms with Gasteiger partial charge in [0.05, 0.1) is 17.5 Å². The van der Waals surface area contributed by atoms with Gasteiger partial charge in [0.25, 0.3) is 0 Å². The van der Waals surface area contributed by atoms with Crippen molar-refractivity contribution in [2.24, 2.45) is 0 Å². The molecule has 3 aromatic rings. The summed E-state index contributed by atoms with van der Waals surface area (Å²) in [6.45, 7) is 2.85. The van der Waals surface area contributed by atoms with Crippen LogP contribution in [0.15, 0.2) is 48.9 Å². The lowest BCUT2D eigenvalue weighted by Gasteiger charge is -2.40. The molecule has 4 atom stereocenters. The van der Waals surface area contributed by atoms with E-state index in [4.69, 9.17) is 0 Å². The van der Waals surface area contributed by atoms with Crippen LogP contribution in [0, 0.1) is 0 Å². The van der Waals surface area contributed by atoms with Crippen LogP contribution >= 0.6 is 0 Å². The summed E-state index contributed by atoms with van der Waals surface area (Å²) >= 11 is 0. The highest BCUT2D eigenvalue weighted by molar-refractivity contribution is 5.88. The molecule has 2 fully saturated rings. The quantitative estimate of drug-likeness (QED) is 0.708. The summed E-state index contributed by atoms with van der Waals surface area (Å²) < 4.78 is 0. The van der Waals surface area contributed by atoms with E-state index in [1.165, 1.54) is 5.56 Å². The number of carbonyl (C=O) groups is 1. The standard InChI is InChI=1S/C22H25N5O2/c1-14(15-6-3-2-4-7-15)18-12-19-17(8-5-11-26(19)22(28)29)27(18)21-16-9-10-23-20(16)24-13-25-21/h2-4,6-7,9-10,13-14,17-19H,5,8,11-12H2,1H3,(H,28,29)(H,23,24,25). The Kier molecular flexibility index (Phi) is 4.38. The minimum Gasteiger partial charge on any atom is -0.465 e. The lowest BCUT2D eigenvalue weighted by molar-refractivity contribution is 0.104. The van der Waals surface area contributed by atoms with Crippen molar-refractivity contribution in [3.05, 3.63) is 54.5 Å². The third kappa shape index (κ3) is 2.92. The van der Waals surface area contributed by atoms with Gasteiger partial charge in [-0.05, 0) is 30.9 Å². The van der Waals surface area contributed by atoms with Crippen molar-refractivity contribution in [2.75, 3.05) is 11.4 Å². The Labute approximate surface area is 169 Å². The molecule has 7 heteroatoms. The summed E-state index contributed by atoms with van der Waals surface area (Å²) in [4.78, 5) is 28.2. The van der Waals surface area contributed by atoms with Crippen molar-refractivity contribution >= 4 is 22.9 Å². The summed E-state index contributed by atoms with van der Waals surface area (Å²) in [6.07, 6.45) is 5.32. The first-order chi connectivity index (χ1) is 14.1. The average Bonchev–Trinajstić information content (AvgIpc) is 3.38. The second kappa shape index (κ2) is 7.06. The second-order valence-corrected chi connectivity index (χ2v) is 8.10. The van der Waals surface area contributed by atoms with E-state index in [1.54, 1.807) is 11.2 Å². The molecule has 0 aliphatic carbocycles. The number of likely N-dealkylation sites (tertiary alicyclic amines) is 1. The predicted molar refractivity (Wildman–Crippen MR) is 111 cm³/mol. The number of H-pyrrole nitrogens is 1. The topological polar surface area (TPSA) is 85.3 Å². The third-order valence-corrected chi connectivity index (χ3v) is 6.67. The van der Waals surface area contributed by atoms with Gasteiger partial charge < -0.3 is 19.9 Å². The lowest BCUT2D eigenvalue weighted by Crippen LogP contribution is -2.52. The number of fused-ring (bicyclic) bond motifs is 2. The highest BCUT2D eigenvalue weighted by atomic mass is 16.4. The number of rotatable bonds is 3. The van der Waals surface area contributed by atoms with E-state index in [9.17, 15) is 9.90 Å². The Balaban J connectivity index is 1.61. The SMILES string of the molecule is CC(c1ccccc1)C1CC2C(CCCN2C(=O)O)N1c1ncnc2[nH]ccc12. The van der Waals surface area contributed by atoms with Gasteiger partial charge in [0.2, 0.25) is 0 Å². The molecule has 2 aliphatic rings. The minimum atomic E-state index is -0.817. The van der Waals surface area contributed by atoms with E-state index in [2.05, 4.69) is 51.0 Å². The van der Waals surface area contributed by atoms with Crippen LogP contribution in [0.4, 0.5) is 10.6 Å². The van der Waals surface area contributed by atoms with Gasteiger partial charge in [0, 0.05) is 24.7 Å². The fourth-order valence-electron chi connectivity index (χ4n) is 5.29. The molecule has 0 saturated carbocycles. The van der Waals surface area contributed by atoms with Crippen molar-refractivity contribution in [3.8, 4) is 0 Å². The maximum atomic E-state index is 11.9. The molecule has 0 spiro atoms. The van der Waals surface area contributed by atoms with Crippen LogP contribution in [0.5, 0.6) is 0 Å². The van der Waals surface area contributed by atoms with E-state index in [0.29, 0.717) is 6.54 Å². The number of nitrogens with zero attached hydrogens (tertiary/aromatic N) is 4. The first kappa shape index (κ1) is 18.0. The molecule has 1 aromatic carbocycles. The summed E-state index contributed by atoms with van der Waals surface area (Å²) in [5, 5.41) is 10.8. The Morgan fingerprint density at radius 3 is 2.83 bits per heavy atom. The molecule has 4 unspecified atom stereocenters. The third-order valence-electron chi connectivity index (χ3n) is 6.67. The molecule has 1 amide bonds. The van der Waals surface area contributed by atoms with Gasteiger partial charge in [-0.2, -0.15) is 0 Å². The summed E-state index contributed by atoms with van der Waals surface area (Å²) in [7, 11) is 0. The van der Waals surface area contributed by atoms with Crippen LogP contribution in [-0.2, 0) is 0 Å². The van der Waals surface area contributed by atoms with Crippen LogP contribution in [0.3, 0.4) is 0 Å². The van der Waals surface area contributed by atoms with Gasteiger partial charge >= 0.3 is 6.09 Å². The van der Waals surface area contributed by atoms with Gasteiger partial charge in [-0.15, -0.1) is 0 Å².